The number of amides is 4. The van der Waals surface area contributed by atoms with Gasteiger partial charge < -0.3 is 20.4 Å². The molecule has 2 aliphatic rings. The second kappa shape index (κ2) is 11.0. The van der Waals surface area contributed by atoms with Crippen molar-refractivity contribution >= 4 is 17.8 Å². The lowest BCUT2D eigenvalue weighted by Crippen LogP contribution is -2.53. The van der Waals surface area contributed by atoms with Gasteiger partial charge in [-0.3, -0.25) is 14.5 Å². The summed E-state index contributed by atoms with van der Waals surface area (Å²) in [4.78, 5) is 42.4. The molecule has 30 heavy (non-hydrogen) atoms. The quantitative estimate of drug-likeness (QED) is 0.733. The number of nitrogens with one attached hydrogen (secondary N) is 2. The monoisotopic (exact) mass is 415 g/mol. The van der Waals surface area contributed by atoms with Crippen molar-refractivity contribution in [2.45, 2.75) is 32.7 Å². The predicted octanol–water partition coefficient (Wildman–Crippen LogP) is 1.28. The third-order valence-electron chi connectivity index (χ3n) is 5.69. The van der Waals surface area contributed by atoms with Gasteiger partial charge >= 0.3 is 6.03 Å². The number of likely N-dealkylation sites (N-methyl/N-ethyl adjacent to an activating group) is 1. The molecule has 0 spiro atoms. The second-order valence-electron chi connectivity index (χ2n) is 7.93. The van der Waals surface area contributed by atoms with Crippen molar-refractivity contribution in [3.8, 4) is 0 Å². The normalized spacial score (nSPS) is 17.5. The number of urea groups is 1. The van der Waals surface area contributed by atoms with E-state index in [4.69, 9.17) is 0 Å². The van der Waals surface area contributed by atoms with Crippen LogP contribution >= 0.6 is 0 Å². The Morgan fingerprint density at radius 1 is 0.833 bits per heavy atom. The minimum absolute atomic E-state index is 0.0256. The molecule has 2 aliphatic heterocycles. The fourth-order valence-corrected chi connectivity index (χ4v) is 3.90. The summed E-state index contributed by atoms with van der Waals surface area (Å²) in [5.74, 6) is 0.119. The van der Waals surface area contributed by atoms with Gasteiger partial charge in [-0.25, -0.2) is 4.79 Å². The standard InChI is InChI=1S/C22H33N5O3/c1-2-23-20(28)17-25-12-14-27(15-13-25)22(30)24-16-18-6-8-19(9-7-18)21(29)26-10-4-3-5-11-26/h6-9H,2-5,10-17H2,1H3,(H,23,28)(H,24,30). The minimum atomic E-state index is -0.0962. The lowest BCUT2D eigenvalue weighted by Gasteiger charge is -2.34. The zero-order chi connectivity index (χ0) is 21.3. The zero-order valence-corrected chi connectivity index (χ0v) is 17.9. The van der Waals surface area contributed by atoms with E-state index in [0.29, 0.717) is 51.4 Å². The van der Waals surface area contributed by atoms with Gasteiger partial charge in [0.1, 0.15) is 0 Å². The van der Waals surface area contributed by atoms with E-state index >= 15 is 0 Å². The predicted molar refractivity (Wildman–Crippen MR) is 115 cm³/mol. The molecule has 164 valence electrons. The summed E-state index contributed by atoms with van der Waals surface area (Å²) in [6.07, 6.45) is 3.36. The van der Waals surface area contributed by atoms with Gasteiger partial charge in [0.15, 0.2) is 0 Å². The van der Waals surface area contributed by atoms with Gasteiger partial charge in [-0.1, -0.05) is 12.1 Å². The number of piperazine rings is 1. The van der Waals surface area contributed by atoms with Crippen LogP contribution in [0, 0.1) is 0 Å². The van der Waals surface area contributed by atoms with Gasteiger partial charge in [-0.05, 0) is 43.9 Å². The molecule has 2 N–H and O–H groups in total. The fourth-order valence-electron chi connectivity index (χ4n) is 3.90. The summed E-state index contributed by atoms with van der Waals surface area (Å²) in [6, 6.07) is 7.40. The Labute approximate surface area is 178 Å². The van der Waals surface area contributed by atoms with Crippen LogP contribution in [0.15, 0.2) is 24.3 Å². The van der Waals surface area contributed by atoms with Crippen LogP contribution in [-0.2, 0) is 11.3 Å². The summed E-state index contributed by atoms with van der Waals surface area (Å²) in [7, 11) is 0. The number of carbonyl (C=O) groups is 3. The average molecular weight is 416 g/mol. The molecule has 0 unspecified atom stereocenters. The first-order valence-electron chi connectivity index (χ1n) is 11.0. The maximum atomic E-state index is 12.5. The molecular weight excluding hydrogens is 382 g/mol. The number of rotatable bonds is 6. The molecular formula is C22H33N5O3. The second-order valence-corrected chi connectivity index (χ2v) is 7.93. The topological polar surface area (TPSA) is 85.0 Å². The largest absolute Gasteiger partial charge is 0.355 e. The van der Waals surface area contributed by atoms with Crippen molar-refractivity contribution in [3.05, 3.63) is 35.4 Å². The molecule has 2 saturated heterocycles. The van der Waals surface area contributed by atoms with Crippen LogP contribution in [0.1, 0.15) is 42.1 Å². The van der Waals surface area contributed by atoms with E-state index in [9.17, 15) is 14.4 Å². The molecule has 0 atom stereocenters. The van der Waals surface area contributed by atoms with Crippen LogP contribution in [0.2, 0.25) is 0 Å². The summed E-state index contributed by atoms with van der Waals surface area (Å²) < 4.78 is 0. The summed E-state index contributed by atoms with van der Waals surface area (Å²) in [5, 5.41) is 5.75. The third kappa shape index (κ3) is 6.19. The molecule has 1 aromatic carbocycles. The van der Waals surface area contributed by atoms with Gasteiger partial charge in [0.25, 0.3) is 5.91 Å². The highest BCUT2D eigenvalue weighted by Crippen LogP contribution is 2.14. The number of benzene rings is 1. The first-order valence-corrected chi connectivity index (χ1v) is 11.0. The van der Waals surface area contributed by atoms with Crippen LogP contribution in [-0.4, -0.2) is 84.9 Å². The average Bonchev–Trinajstić information content (AvgIpc) is 2.78. The number of hydrogen-bond donors (Lipinski definition) is 2. The van der Waals surface area contributed by atoms with E-state index in [1.807, 2.05) is 36.1 Å². The maximum absolute atomic E-state index is 12.5. The summed E-state index contributed by atoms with van der Waals surface area (Å²) in [6.45, 7) is 7.62. The Morgan fingerprint density at radius 3 is 2.13 bits per heavy atom. The van der Waals surface area contributed by atoms with Gasteiger partial charge in [-0.2, -0.15) is 0 Å². The Hall–Kier alpha value is -2.61. The molecule has 0 bridgehead atoms. The van der Waals surface area contributed by atoms with Crippen LogP contribution in [0.5, 0.6) is 0 Å². The lowest BCUT2D eigenvalue weighted by atomic mass is 10.1. The van der Waals surface area contributed by atoms with Crippen molar-refractivity contribution in [3.63, 3.8) is 0 Å². The first-order chi connectivity index (χ1) is 14.6. The van der Waals surface area contributed by atoms with E-state index in [2.05, 4.69) is 15.5 Å². The Kier molecular flexibility index (Phi) is 8.07. The lowest BCUT2D eigenvalue weighted by molar-refractivity contribution is -0.122. The van der Waals surface area contributed by atoms with E-state index in [1.165, 1.54) is 6.42 Å². The third-order valence-corrected chi connectivity index (χ3v) is 5.69. The molecule has 0 saturated carbocycles. The molecule has 0 aromatic heterocycles. The number of hydrogen-bond acceptors (Lipinski definition) is 4. The van der Waals surface area contributed by atoms with E-state index in [-0.39, 0.29) is 17.8 Å². The molecule has 8 nitrogen and oxygen atoms in total. The van der Waals surface area contributed by atoms with Crippen molar-refractivity contribution in [2.75, 3.05) is 52.4 Å². The van der Waals surface area contributed by atoms with Gasteiger partial charge in [0.05, 0.1) is 6.54 Å². The van der Waals surface area contributed by atoms with Crippen LogP contribution in [0.3, 0.4) is 0 Å². The molecule has 8 heteroatoms. The van der Waals surface area contributed by atoms with Crippen LogP contribution < -0.4 is 10.6 Å². The molecule has 4 amide bonds. The molecule has 2 fully saturated rings. The summed E-state index contributed by atoms with van der Waals surface area (Å²) in [5.41, 5.74) is 1.67. The smallest absolute Gasteiger partial charge is 0.317 e. The fraction of sp³-hybridized carbons (Fsp3) is 0.591. The number of carbonyl (C=O) groups excluding carboxylic acids is 3. The van der Waals surface area contributed by atoms with Gasteiger partial charge in [-0.15, -0.1) is 0 Å². The van der Waals surface area contributed by atoms with Crippen LogP contribution in [0.25, 0.3) is 0 Å². The number of likely N-dealkylation sites (tertiary alicyclic amines) is 1. The highest BCUT2D eigenvalue weighted by Gasteiger charge is 2.22. The molecule has 0 aliphatic carbocycles. The van der Waals surface area contributed by atoms with Crippen molar-refractivity contribution in [1.29, 1.82) is 0 Å². The SMILES string of the molecule is CCNC(=O)CN1CCN(C(=O)NCc2ccc(C(=O)N3CCCCC3)cc2)CC1. The Bertz CT molecular complexity index is 723. The molecule has 3 rings (SSSR count). The van der Waals surface area contributed by atoms with E-state index in [0.717, 1.165) is 31.5 Å². The zero-order valence-electron chi connectivity index (χ0n) is 17.9. The Morgan fingerprint density at radius 2 is 1.50 bits per heavy atom. The summed E-state index contributed by atoms with van der Waals surface area (Å²) >= 11 is 0. The van der Waals surface area contributed by atoms with Gasteiger partial charge in [0, 0.05) is 57.9 Å². The van der Waals surface area contributed by atoms with Crippen molar-refractivity contribution in [1.82, 2.24) is 25.3 Å². The van der Waals surface area contributed by atoms with Gasteiger partial charge in [0.2, 0.25) is 5.91 Å². The van der Waals surface area contributed by atoms with E-state index in [1.54, 1.807) is 4.90 Å². The van der Waals surface area contributed by atoms with E-state index < -0.39 is 0 Å². The molecule has 2 heterocycles. The van der Waals surface area contributed by atoms with Crippen molar-refractivity contribution < 1.29 is 14.4 Å². The molecule has 1 aromatic rings. The van der Waals surface area contributed by atoms with Crippen LogP contribution in [0.4, 0.5) is 4.79 Å². The maximum Gasteiger partial charge on any atom is 0.317 e. The first kappa shape index (κ1) is 22.1. The van der Waals surface area contributed by atoms with Crippen molar-refractivity contribution in [2.24, 2.45) is 0 Å². The highest BCUT2D eigenvalue weighted by atomic mass is 16.2. The highest BCUT2D eigenvalue weighted by molar-refractivity contribution is 5.94. The minimum Gasteiger partial charge on any atom is -0.355 e. The number of nitrogens with zero attached hydrogens (tertiary/aromatic N) is 3. The molecule has 0 radical (unpaired) electrons. The Balaban J connectivity index is 1.40. The number of piperidine rings is 1.